The van der Waals surface area contributed by atoms with Gasteiger partial charge in [0.15, 0.2) is 0 Å². The molecule has 0 bridgehead atoms. The van der Waals surface area contributed by atoms with Gasteiger partial charge in [0, 0.05) is 0 Å². The van der Waals surface area contributed by atoms with Crippen molar-refractivity contribution >= 4 is 7.60 Å². The van der Waals surface area contributed by atoms with E-state index >= 15 is 0 Å². The van der Waals surface area contributed by atoms with Gasteiger partial charge in [0.05, 0.1) is 21.1 Å². The summed E-state index contributed by atoms with van der Waals surface area (Å²) in [5, 5.41) is 8.57. The summed E-state index contributed by atoms with van der Waals surface area (Å²) >= 11 is 0. The van der Waals surface area contributed by atoms with Crippen molar-refractivity contribution < 1.29 is 23.9 Å². The molecule has 0 heterocycles. The van der Waals surface area contributed by atoms with Gasteiger partial charge < -0.3 is 19.4 Å². The second-order valence-corrected chi connectivity index (χ2v) is 11.6. The molecule has 6 heteroatoms. The van der Waals surface area contributed by atoms with E-state index in [9.17, 15) is 19.5 Å². The van der Waals surface area contributed by atoms with Crippen molar-refractivity contribution in [2.45, 2.75) is 102 Å². The molecule has 0 aromatic heterocycles. The molecule has 0 aliphatic rings. The van der Waals surface area contributed by atoms with Crippen molar-refractivity contribution in [1.29, 1.82) is 0 Å². The zero-order chi connectivity index (χ0) is 22.9. The predicted octanol–water partition coefficient (Wildman–Crippen LogP) is 6.15. The summed E-state index contributed by atoms with van der Waals surface area (Å²) in [6.07, 6.45) is 24.1. The average Bonchev–Trinajstić information content (AvgIpc) is 2.62. The minimum absolute atomic E-state index is 0.0421. The molecule has 178 valence electrons. The van der Waals surface area contributed by atoms with Crippen LogP contribution in [-0.4, -0.2) is 52.4 Å². The van der Waals surface area contributed by atoms with E-state index in [1.807, 2.05) is 21.1 Å². The molecule has 1 atom stereocenters. The van der Waals surface area contributed by atoms with Gasteiger partial charge in [-0.15, -0.1) is 0 Å². The fraction of sp³-hybridized carbons (Fsp3) is 0.833. The Labute approximate surface area is 186 Å². The second-order valence-electron chi connectivity index (χ2n) is 9.65. The van der Waals surface area contributed by atoms with Crippen LogP contribution < -0.4 is 0 Å². The minimum Gasteiger partial charge on any atom is -0.373 e. The fourth-order valence-electron chi connectivity index (χ4n) is 3.61. The Hall–Kier alpha value is -0.450. The Morgan fingerprint density at radius 1 is 0.733 bits per heavy atom. The van der Waals surface area contributed by atoms with Gasteiger partial charge >= 0.3 is 7.60 Å². The summed E-state index contributed by atoms with van der Waals surface area (Å²) in [6, 6.07) is 0. The fourth-order valence-corrected chi connectivity index (χ4v) is 4.67. The summed E-state index contributed by atoms with van der Waals surface area (Å²) in [5.74, 6) is 0. The predicted molar refractivity (Wildman–Crippen MR) is 128 cm³/mol. The number of hydrogen-bond acceptors (Lipinski definition) is 2. The molecule has 0 spiro atoms. The van der Waals surface area contributed by atoms with Crippen LogP contribution in [0.25, 0.3) is 0 Å². The summed E-state index contributed by atoms with van der Waals surface area (Å²) in [6.45, 7) is 2.29. The molecule has 1 unspecified atom stereocenters. The molecule has 0 rings (SSSR count). The number of allylic oxidation sites excluding steroid dienone is 4. The first-order valence-corrected chi connectivity index (χ1v) is 13.5. The van der Waals surface area contributed by atoms with Crippen molar-refractivity contribution in [3.05, 3.63) is 24.3 Å². The Morgan fingerprint density at radius 3 is 1.53 bits per heavy atom. The van der Waals surface area contributed by atoms with Gasteiger partial charge in [0.1, 0.15) is 6.54 Å². The van der Waals surface area contributed by atoms with Crippen molar-refractivity contribution in [1.82, 2.24) is 0 Å². The monoisotopic (exact) mass is 446 g/mol. The molecule has 0 aliphatic carbocycles. The molecule has 30 heavy (non-hydrogen) atoms. The van der Waals surface area contributed by atoms with E-state index in [-0.39, 0.29) is 13.0 Å². The zero-order valence-corrected chi connectivity index (χ0v) is 21.0. The third-order valence-corrected chi connectivity index (χ3v) is 6.72. The minimum atomic E-state index is -4.56. The topological polar surface area (TPSA) is 77.8 Å². The highest BCUT2D eigenvalue weighted by atomic mass is 31.2. The molecule has 0 aromatic carbocycles. The SMILES string of the molecule is CCCCCCC/C=C\CCCC/C=C\CCCCC(O)(C[N+](C)(C)C)P(=O)(O)O. The molecule has 0 saturated heterocycles. The normalized spacial score (nSPS) is 15.3. The van der Waals surface area contributed by atoms with Crippen molar-refractivity contribution in [3.63, 3.8) is 0 Å². The summed E-state index contributed by atoms with van der Waals surface area (Å²) < 4.78 is 12.1. The van der Waals surface area contributed by atoms with E-state index in [1.165, 1.54) is 51.4 Å². The van der Waals surface area contributed by atoms with Gasteiger partial charge in [-0.1, -0.05) is 56.9 Å². The number of likely N-dealkylation sites (N-methyl/N-ethyl adjacent to an activating group) is 1. The quantitative estimate of drug-likeness (QED) is 0.0962. The molecule has 3 N–H and O–H groups in total. The van der Waals surface area contributed by atoms with E-state index in [2.05, 4.69) is 31.2 Å². The van der Waals surface area contributed by atoms with Crippen LogP contribution in [0.3, 0.4) is 0 Å². The zero-order valence-electron chi connectivity index (χ0n) is 20.1. The van der Waals surface area contributed by atoms with E-state index < -0.39 is 12.9 Å². The van der Waals surface area contributed by atoms with E-state index in [1.54, 1.807) is 0 Å². The third-order valence-electron chi connectivity index (χ3n) is 5.27. The maximum atomic E-state index is 11.7. The summed E-state index contributed by atoms with van der Waals surface area (Å²) in [4.78, 5) is 19.1. The molecule has 0 aromatic rings. The van der Waals surface area contributed by atoms with Crippen molar-refractivity contribution in [3.8, 4) is 0 Å². The highest BCUT2D eigenvalue weighted by Gasteiger charge is 2.48. The molecule has 0 aliphatic heterocycles. The number of nitrogens with zero attached hydrogens (tertiary/aromatic N) is 1. The maximum absolute atomic E-state index is 11.7. The number of quaternary nitrogens is 1. The summed E-state index contributed by atoms with van der Waals surface area (Å²) in [5.41, 5.74) is 0. The van der Waals surface area contributed by atoms with Crippen molar-refractivity contribution in [2.24, 2.45) is 0 Å². The molecule has 5 nitrogen and oxygen atoms in total. The van der Waals surface area contributed by atoms with E-state index in [4.69, 9.17) is 0 Å². The van der Waals surface area contributed by atoms with Gasteiger partial charge in [0.25, 0.3) is 0 Å². The van der Waals surface area contributed by atoms with Gasteiger partial charge in [-0.2, -0.15) is 0 Å². The van der Waals surface area contributed by atoms with Crippen LogP contribution in [0.5, 0.6) is 0 Å². The first-order chi connectivity index (χ1) is 14.0. The Morgan fingerprint density at radius 2 is 1.13 bits per heavy atom. The molecular weight excluding hydrogens is 397 g/mol. The van der Waals surface area contributed by atoms with Crippen molar-refractivity contribution in [2.75, 3.05) is 27.7 Å². The van der Waals surface area contributed by atoms with Gasteiger partial charge in [0.2, 0.25) is 5.34 Å². The lowest BCUT2D eigenvalue weighted by atomic mass is 10.1. The van der Waals surface area contributed by atoms with Gasteiger partial charge in [-0.25, -0.2) is 0 Å². The summed E-state index contributed by atoms with van der Waals surface area (Å²) in [7, 11) is 0.923. The largest absolute Gasteiger partial charge is 0.373 e. The van der Waals surface area contributed by atoms with Crippen LogP contribution in [0.4, 0.5) is 0 Å². The third kappa shape index (κ3) is 16.3. The number of hydrogen-bond donors (Lipinski definition) is 3. The lowest BCUT2D eigenvalue weighted by molar-refractivity contribution is -0.875. The molecule has 0 saturated carbocycles. The Balaban J connectivity index is 3.78. The molecule has 0 amide bonds. The molecule has 0 fully saturated rings. The molecular formula is C24H49NO4P+. The molecule has 0 radical (unpaired) electrons. The van der Waals surface area contributed by atoms with E-state index in [0.29, 0.717) is 10.9 Å². The highest BCUT2D eigenvalue weighted by Crippen LogP contribution is 2.52. The lowest BCUT2D eigenvalue weighted by Crippen LogP contribution is -2.49. The maximum Gasteiger partial charge on any atom is 0.362 e. The van der Waals surface area contributed by atoms with Crippen LogP contribution in [0.15, 0.2) is 24.3 Å². The highest BCUT2D eigenvalue weighted by molar-refractivity contribution is 7.53. The first kappa shape index (κ1) is 29.5. The van der Waals surface area contributed by atoms with Crippen LogP contribution in [0.2, 0.25) is 0 Å². The smallest absolute Gasteiger partial charge is 0.362 e. The second kappa shape index (κ2) is 16.2. The number of unbranched alkanes of at least 4 members (excludes halogenated alkanes) is 10. The van der Waals surface area contributed by atoms with E-state index in [0.717, 1.165) is 25.7 Å². The van der Waals surface area contributed by atoms with Gasteiger partial charge in [-0.3, -0.25) is 4.57 Å². The number of rotatable bonds is 19. The Bertz CT molecular complexity index is 522. The average molecular weight is 447 g/mol. The van der Waals surface area contributed by atoms with Gasteiger partial charge in [-0.05, 0) is 64.2 Å². The Kier molecular flexibility index (Phi) is 16.0. The standard InChI is InChI=1S/C24H48NO4P/c1-5-6-7-8-9-10-11-12-13-14-15-16-17-18-19-20-21-22-24(26,30(27,28)29)23-25(2,3)4/h11-12,17-18,26H,5-10,13-16,19-23H2,1-4H3,(H-,27,28,29)/p+1/b12-11-,18-17-. The number of aliphatic hydroxyl groups is 1. The van der Waals surface area contributed by atoms with Crippen LogP contribution >= 0.6 is 7.60 Å². The first-order valence-electron chi connectivity index (χ1n) is 11.9. The van der Waals surface area contributed by atoms with Crippen LogP contribution in [0.1, 0.15) is 96.8 Å². The van der Waals surface area contributed by atoms with Crippen LogP contribution in [0, 0.1) is 0 Å². The van der Waals surface area contributed by atoms with Crippen LogP contribution in [-0.2, 0) is 4.57 Å². The lowest BCUT2D eigenvalue weighted by Gasteiger charge is -2.35.